The largest absolute Gasteiger partial charge is 0.478 e. The summed E-state index contributed by atoms with van der Waals surface area (Å²) in [6.07, 6.45) is 1.76. The molecule has 0 radical (unpaired) electrons. The van der Waals surface area contributed by atoms with E-state index in [1.165, 1.54) is 0 Å². The number of hydrogen-bond donors (Lipinski definition) is 0. The van der Waals surface area contributed by atoms with E-state index in [4.69, 9.17) is 32.7 Å². The molecule has 0 atom stereocenters. The zero-order valence-corrected chi connectivity index (χ0v) is 19.3. The summed E-state index contributed by atoms with van der Waals surface area (Å²) in [7, 11) is 0. The molecule has 0 saturated carbocycles. The van der Waals surface area contributed by atoms with Gasteiger partial charge >= 0.3 is 0 Å². The first kappa shape index (κ1) is 20.6. The van der Waals surface area contributed by atoms with Crippen LogP contribution < -0.4 is 9.47 Å². The van der Waals surface area contributed by atoms with E-state index in [2.05, 4.69) is 20.8 Å². The molecule has 156 valence electrons. The number of Topliss-reactive ketones (excluding diaryl/α,β-unsaturated/α-hetero) is 1. The highest BCUT2D eigenvalue weighted by Gasteiger charge is 2.33. The van der Waals surface area contributed by atoms with Crippen LogP contribution in [0.25, 0.3) is 6.08 Å². The number of hydrogen-bond acceptors (Lipinski definition) is 4. The number of nitrogens with zero attached hydrogens (tertiary/aromatic N) is 1. The highest BCUT2D eigenvalue weighted by Crippen LogP contribution is 2.42. The Bertz CT molecular complexity index is 1220. The average Bonchev–Trinajstić information content (AvgIpc) is 3.08. The maximum Gasteiger partial charge on any atom is 0.231 e. The van der Waals surface area contributed by atoms with Crippen molar-refractivity contribution in [1.82, 2.24) is 4.90 Å². The van der Waals surface area contributed by atoms with Crippen molar-refractivity contribution in [3.63, 3.8) is 0 Å². The van der Waals surface area contributed by atoms with E-state index >= 15 is 0 Å². The van der Waals surface area contributed by atoms with Gasteiger partial charge in [-0.3, -0.25) is 9.69 Å². The molecule has 0 spiro atoms. The molecule has 4 nitrogen and oxygen atoms in total. The third-order valence-corrected chi connectivity index (χ3v) is 6.37. The van der Waals surface area contributed by atoms with Gasteiger partial charge in [0.2, 0.25) is 5.78 Å². The van der Waals surface area contributed by atoms with Gasteiger partial charge in [-0.25, -0.2) is 0 Å². The smallest absolute Gasteiger partial charge is 0.231 e. The minimum absolute atomic E-state index is 0.126. The zero-order chi connectivity index (χ0) is 21.5. The fourth-order valence-electron chi connectivity index (χ4n) is 3.71. The van der Waals surface area contributed by atoms with Crippen LogP contribution in [0, 0.1) is 0 Å². The molecule has 0 unspecified atom stereocenters. The Labute approximate surface area is 198 Å². The summed E-state index contributed by atoms with van der Waals surface area (Å²) in [6.45, 7) is 1.59. The van der Waals surface area contributed by atoms with Gasteiger partial charge in [0.25, 0.3) is 0 Å². The fourth-order valence-corrected chi connectivity index (χ4v) is 4.44. The van der Waals surface area contributed by atoms with Gasteiger partial charge < -0.3 is 9.47 Å². The lowest BCUT2D eigenvalue weighted by Gasteiger charge is -2.30. The van der Waals surface area contributed by atoms with Crippen LogP contribution in [0.4, 0.5) is 0 Å². The van der Waals surface area contributed by atoms with Crippen molar-refractivity contribution in [3.8, 4) is 11.5 Å². The summed E-state index contributed by atoms with van der Waals surface area (Å²) in [5.74, 6) is 1.48. The van der Waals surface area contributed by atoms with Gasteiger partial charge in [0.1, 0.15) is 18.2 Å². The summed E-state index contributed by atoms with van der Waals surface area (Å²) in [4.78, 5) is 15.0. The van der Waals surface area contributed by atoms with Crippen LogP contribution in [0.1, 0.15) is 27.0 Å². The second kappa shape index (κ2) is 8.32. The van der Waals surface area contributed by atoms with Crippen LogP contribution >= 0.6 is 39.1 Å². The van der Waals surface area contributed by atoms with Crippen LogP contribution in [0.5, 0.6) is 11.5 Å². The first-order chi connectivity index (χ1) is 15.0. The van der Waals surface area contributed by atoms with Crippen molar-refractivity contribution in [2.75, 3.05) is 6.73 Å². The van der Waals surface area contributed by atoms with Crippen molar-refractivity contribution in [1.29, 1.82) is 0 Å². The Morgan fingerprint density at radius 1 is 1.06 bits per heavy atom. The molecule has 31 heavy (non-hydrogen) atoms. The second-order valence-electron chi connectivity index (χ2n) is 7.41. The number of fused-ring (bicyclic) bond motifs is 3. The van der Waals surface area contributed by atoms with Gasteiger partial charge in [0.05, 0.1) is 11.1 Å². The summed E-state index contributed by atoms with van der Waals surface area (Å²) in [5.41, 5.74) is 3.26. The molecule has 0 amide bonds. The van der Waals surface area contributed by atoms with E-state index in [-0.39, 0.29) is 5.78 Å². The van der Waals surface area contributed by atoms with Gasteiger partial charge in [-0.05, 0) is 53.6 Å². The van der Waals surface area contributed by atoms with E-state index in [9.17, 15) is 4.79 Å². The van der Waals surface area contributed by atoms with Crippen LogP contribution in [-0.4, -0.2) is 17.4 Å². The molecule has 0 aliphatic carbocycles. The van der Waals surface area contributed by atoms with Crippen molar-refractivity contribution < 1.29 is 14.3 Å². The van der Waals surface area contributed by atoms with Crippen molar-refractivity contribution >= 4 is 51.0 Å². The predicted octanol–water partition coefficient (Wildman–Crippen LogP) is 6.72. The summed E-state index contributed by atoms with van der Waals surface area (Å²) in [5, 5.41) is 1.21. The standard InChI is InChI=1S/C24H16BrCl2NO3/c25-16-4-1-14(2-5-16)9-22-23(29)18-7-8-21-19(24(18)31-22)12-28(13-30-21)11-15-3-6-17(26)10-20(15)27/h1-10H,11-13H2/b22-9-. The number of ketones is 1. The van der Waals surface area contributed by atoms with Crippen LogP contribution in [0.3, 0.4) is 0 Å². The lowest BCUT2D eigenvalue weighted by atomic mass is 10.0. The molecule has 5 rings (SSSR count). The van der Waals surface area contributed by atoms with Crippen molar-refractivity contribution in [2.45, 2.75) is 13.1 Å². The Hall–Kier alpha value is -2.31. The normalized spacial score (nSPS) is 16.6. The minimum Gasteiger partial charge on any atom is -0.478 e. The average molecular weight is 517 g/mol. The number of allylic oxidation sites excluding steroid dienone is 1. The lowest BCUT2D eigenvalue weighted by Crippen LogP contribution is -2.31. The Kier molecular flexibility index (Phi) is 5.52. The molecule has 0 saturated heterocycles. The minimum atomic E-state index is -0.126. The first-order valence-electron chi connectivity index (χ1n) is 9.63. The van der Waals surface area contributed by atoms with Crippen LogP contribution in [0.15, 0.2) is 64.8 Å². The summed E-state index contributed by atoms with van der Waals surface area (Å²) < 4.78 is 13.0. The van der Waals surface area contributed by atoms with E-state index < -0.39 is 0 Å². The summed E-state index contributed by atoms with van der Waals surface area (Å²) >= 11 is 15.8. The lowest BCUT2D eigenvalue weighted by molar-refractivity contribution is 0.0873. The van der Waals surface area contributed by atoms with E-state index in [1.54, 1.807) is 18.2 Å². The SMILES string of the molecule is O=C1/C(=C/c2ccc(Br)cc2)Oc2c1ccc1c2CN(Cc2ccc(Cl)cc2Cl)CO1. The van der Waals surface area contributed by atoms with Gasteiger partial charge in [-0.2, -0.15) is 0 Å². The van der Waals surface area contributed by atoms with Crippen molar-refractivity contribution in [3.05, 3.63) is 97.1 Å². The van der Waals surface area contributed by atoms with Gasteiger partial charge in [0.15, 0.2) is 5.76 Å². The van der Waals surface area contributed by atoms with Crippen molar-refractivity contribution in [2.24, 2.45) is 0 Å². The maximum atomic E-state index is 12.9. The number of benzene rings is 3. The second-order valence-corrected chi connectivity index (χ2v) is 9.17. The number of rotatable bonds is 3. The topological polar surface area (TPSA) is 38.8 Å². The van der Waals surface area contributed by atoms with Gasteiger partial charge in [-0.1, -0.05) is 57.3 Å². The third kappa shape index (κ3) is 4.11. The Morgan fingerprint density at radius 2 is 1.87 bits per heavy atom. The van der Waals surface area contributed by atoms with Gasteiger partial charge in [0, 0.05) is 27.6 Å². The first-order valence-corrected chi connectivity index (χ1v) is 11.2. The predicted molar refractivity (Wildman–Crippen MR) is 125 cm³/mol. The third-order valence-electron chi connectivity index (χ3n) is 5.26. The number of carbonyl (C=O) groups is 1. The molecule has 0 aromatic heterocycles. The van der Waals surface area contributed by atoms with Crippen LogP contribution in [-0.2, 0) is 13.1 Å². The molecule has 0 bridgehead atoms. The van der Waals surface area contributed by atoms with Gasteiger partial charge in [-0.15, -0.1) is 0 Å². The molecule has 7 heteroatoms. The van der Waals surface area contributed by atoms with E-state index in [0.717, 1.165) is 26.9 Å². The molecular formula is C24H16BrCl2NO3. The quantitative estimate of drug-likeness (QED) is 0.362. The Morgan fingerprint density at radius 3 is 2.65 bits per heavy atom. The summed E-state index contributed by atoms with van der Waals surface area (Å²) in [6, 6.07) is 16.8. The number of carbonyl (C=O) groups excluding carboxylic acids is 1. The molecule has 0 N–H and O–H groups in total. The Balaban J connectivity index is 1.42. The monoisotopic (exact) mass is 515 g/mol. The van der Waals surface area contributed by atoms with E-state index in [0.29, 0.717) is 46.9 Å². The molecular weight excluding hydrogens is 501 g/mol. The van der Waals surface area contributed by atoms with Crippen LogP contribution in [0.2, 0.25) is 10.0 Å². The highest BCUT2D eigenvalue weighted by molar-refractivity contribution is 9.10. The fraction of sp³-hybridized carbons (Fsp3) is 0.125. The van der Waals surface area contributed by atoms with E-state index in [1.807, 2.05) is 42.5 Å². The number of ether oxygens (including phenoxy) is 2. The molecule has 2 aliphatic heterocycles. The molecule has 2 aliphatic rings. The zero-order valence-electron chi connectivity index (χ0n) is 16.2. The molecule has 3 aromatic carbocycles. The molecule has 3 aromatic rings. The number of halogens is 3. The maximum absolute atomic E-state index is 12.9. The molecule has 2 heterocycles. The molecule has 0 fully saturated rings. The highest BCUT2D eigenvalue weighted by atomic mass is 79.9.